The molecule has 1 N–H and O–H groups in total. The fourth-order valence-corrected chi connectivity index (χ4v) is 1.46. The molecule has 1 amide bonds. The van der Waals surface area contributed by atoms with Crippen LogP contribution in [0.1, 0.15) is 18.9 Å². The van der Waals surface area contributed by atoms with Crippen LogP contribution in [0.5, 0.6) is 0 Å². The van der Waals surface area contributed by atoms with Crippen LogP contribution in [0.25, 0.3) is 0 Å². The fraction of sp³-hybridized carbons (Fsp3) is 0.333. The Morgan fingerprint density at radius 3 is 2.88 bits per heavy atom. The number of nitriles is 1. The Bertz CT molecular complexity index is 437. The van der Waals surface area contributed by atoms with E-state index in [9.17, 15) is 4.79 Å². The molecule has 0 aliphatic carbocycles. The molecule has 1 atom stereocenters. The van der Waals surface area contributed by atoms with Gasteiger partial charge in [0, 0.05) is 22.5 Å². The number of hydrogen-bond donors (Lipinski definition) is 1. The Labute approximate surface area is 104 Å². The number of amides is 1. The zero-order valence-electron chi connectivity index (χ0n) is 9.25. The molecule has 0 aliphatic rings. The number of rotatable bonds is 3. The monoisotopic (exact) mass is 280 g/mol. The summed E-state index contributed by atoms with van der Waals surface area (Å²) in [6.45, 7) is 3.70. The van der Waals surface area contributed by atoms with Crippen LogP contribution >= 0.6 is 15.9 Å². The van der Waals surface area contributed by atoms with Crippen LogP contribution in [-0.2, 0) is 4.79 Å². The van der Waals surface area contributed by atoms with E-state index in [1.807, 2.05) is 31.2 Å². The maximum Gasteiger partial charge on any atom is 0.228 e. The molecule has 1 aromatic rings. The molecule has 84 valence electrons. The van der Waals surface area contributed by atoms with E-state index >= 15 is 0 Å². The Morgan fingerprint density at radius 1 is 1.62 bits per heavy atom. The van der Waals surface area contributed by atoms with Crippen LogP contribution in [-0.4, -0.2) is 5.91 Å². The van der Waals surface area contributed by atoms with Crippen LogP contribution in [0.15, 0.2) is 22.7 Å². The molecular formula is C12H13BrN2O. The van der Waals surface area contributed by atoms with Gasteiger partial charge in [-0.05, 0) is 30.7 Å². The van der Waals surface area contributed by atoms with E-state index in [4.69, 9.17) is 5.26 Å². The standard InChI is InChI=1S/C12H13BrN2O/c1-8(5-6-14)12(16)15-10-3-4-11(13)9(2)7-10/h3-4,7-8H,5H2,1-2H3,(H,15,16). The lowest BCUT2D eigenvalue weighted by Crippen LogP contribution is -2.19. The van der Waals surface area contributed by atoms with Gasteiger partial charge in [0.1, 0.15) is 0 Å². The summed E-state index contributed by atoms with van der Waals surface area (Å²) in [4.78, 5) is 11.6. The maximum atomic E-state index is 11.6. The van der Waals surface area contributed by atoms with Crippen molar-refractivity contribution in [2.45, 2.75) is 20.3 Å². The number of halogens is 1. The average molecular weight is 281 g/mol. The van der Waals surface area contributed by atoms with Crippen molar-refractivity contribution in [3.05, 3.63) is 28.2 Å². The minimum absolute atomic E-state index is 0.122. The lowest BCUT2D eigenvalue weighted by Gasteiger charge is -2.10. The third-order valence-corrected chi connectivity index (χ3v) is 3.16. The molecule has 0 saturated heterocycles. The van der Waals surface area contributed by atoms with Gasteiger partial charge < -0.3 is 5.32 Å². The molecular weight excluding hydrogens is 268 g/mol. The quantitative estimate of drug-likeness (QED) is 0.924. The molecule has 0 spiro atoms. The molecule has 4 heteroatoms. The molecule has 1 unspecified atom stereocenters. The number of hydrogen-bond acceptors (Lipinski definition) is 2. The summed E-state index contributed by atoms with van der Waals surface area (Å²) in [6.07, 6.45) is 0.237. The van der Waals surface area contributed by atoms with Crippen molar-refractivity contribution in [2.24, 2.45) is 5.92 Å². The van der Waals surface area contributed by atoms with Gasteiger partial charge in [-0.3, -0.25) is 4.79 Å². The van der Waals surface area contributed by atoms with Gasteiger partial charge in [0.25, 0.3) is 0 Å². The summed E-state index contributed by atoms with van der Waals surface area (Å²) >= 11 is 3.39. The van der Waals surface area contributed by atoms with Gasteiger partial charge in [-0.15, -0.1) is 0 Å². The van der Waals surface area contributed by atoms with Crippen molar-refractivity contribution in [3.8, 4) is 6.07 Å². The van der Waals surface area contributed by atoms with E-state index in [1.165, 1.54) is 0 Å². The number of aryl methyl sites for hydroxylation is 1. The summed E-state index contributed by atoms with van der Waals surface area (Å²) < 4.78 is 1.01. The fourth-order valence-electron chi connectivity index (χ4n) is 1.22. The van der Waals surface area contributed by atoms with Gasteiger partial charge in [0.2, 0.25) is 5.91 Å². The Morgan fingerprint density at radius 2 is 2.31 bits per heavy atom. The predicted octanol–water partition coefficient (Wildman–Crippen LogP) is 3.25. The minimum Gasteiger partial charge on any atom is -0.326 e. The lowest BCUT2D eigenvalue weighted by atomic mass is 10.1. The highest BCUT2D eigenvalue weighted by Gasteiger charge is 2.12. The molecule has 0 bridgehead atoms. The van der Waals surface area contributed by atoms with Crippen LogP contribution < -0.4 is 5.32 Å². The first-order valence-corrected chi connectivity index (χ1v) is 5.78. The average Bonchev–Trinajstić information content (AvgIpc) is 2.24. The number of anilines is 1. The molecule has 0 radical (unpaired) electrons. The van der Waals surface area contributed by atoms with Gasteiger partial charge in [0.15, 0.2) is 0 Å². The Hall–Kier alpha value is -1.34. The topological polar surface area (TPSA) is 52.9 Å². The SMILES string of the molecule is Cc1cc(NC(=O)C(C)CC#N)ccc1Br. The lowest BCUT2D eigenvalue weighted by molar-refractivity contribution is -0.119. The van der Waals surface area contributed by atoms with Gasteiger partial charge in [0.05, 0.1) is 6.07 Å². The largest absolute Gasteiger partial charge is 0.326 e. The van der Waals surface area contributed by atoms with E-state index in [1.54, 1.807) is 6.92 Å². The first kappa shape index (κ1) is 12.7. The summed E-state index contributed by atoms with van der Waals surface area (Å²) in [5, 5.41) is 11.3. The first-order chi connectivity index (χ1) is 7.54. The number of carbonyl (C=O) groups is 1. The van der Waals surface area contributed by atoms with E-state index in [0.717, 1.165) is 15.7 Å². The second-order valence-electron chi connectivity index (χ2n) is 3.72. The molecule has 3 nitrogen and oxygen atoms in total. The van der Waals surface area contributed by atoms with Crippen molar-refractivity contribution in [1.82, 2.24) is 0 Å². The van der Waals surface area contributed by atoms with Crippen LogP contribution in [0.2, 0.25) is 0 Å². The third-order valence-electron chi connectivity index (χ3n) is 2.27. The van der Waals surface area contributed by atoms with Gasteiger partial charge >= 0.3 is 0 Å². The van der Waals surface area contributed by atoms with Crippen molar-refractivity contribution in [2.75, 3.05) is 5.32 Å². The Kier molecular flexibility index (Phi) is 4.51. The van der Waals surface area contributed by atoms with E-state index < -0.39 is 0 Å². The Balaban J connectivity index is 2.70. The van der Waals surface area contributed by atoms with Crippen molar-refractivity contribution in [1.29, 1.82) is 5.26 Å². The highest BCUT2D eigenvalue weighted by Crippen LogP contribution is 2.20. The van der Waals surface area contributed by atoms with E-state index in [2.05, 4.69) is 21.2 Å². The molecule has 0 heterocycles. The maximum absolute atomic E-state index is 11.6. The number of nitrogens with one attached hydrogen (secondary N) is 1. The molecule has 1 aromatic carbocycles. The van der Waals surface area contributed by atoms with E-state index in [-0.39, 0.29) is 18.2 Å². The van der Waals surface area contributed by atoms with Crippen LogP contribution in [0, 0.1) is 24.2 Å². The molecule has 0 fully saturated rings. The highest BCUT2D eigenvalue weighted by molar-refractivity contribution is 9.10. The highest BCUT2D eigenvalue weighted by atomic mass is 79.9. The predicted molar refractivity (Wildman–Crippen MR) is 66.9 cm³/mol. The zero-order chi connectivity index (χ0) is 12.1. The molecule has 16 heavy (non-hydrogen) atoms. The van der Waals surface area contributed by atoms with Crippen molar-refractivity contribution in [3.63, 3.8) is 0 Å². The van der Waals surface area contributed by atoms with Gasteiger partial charge in [-0.2, -0.15) is 5.26 Å². The number of carbonyl (C=O) groups excluding carboxylic acids is 1. The minimum atomic E-state index is -0.283. The van der Waals surface area contributed by atoms with Gasteiger partial charge in [-0.25, -0.2) is 0 Å². The zero-order valence-corrected chi connectivity index (χ0v) is 10.8. The summed E-state index contributed by atoms with van der Waals surface area (Å²) in [6, 6.07) is 7.59. The number of benzene rings is 1. The summed E-state index contributed by atoms with van der Waals surface area (Å²) in [7, 11) is 0. The second kappa shape index (κ2) is 5.66. The van der Waals surface area contributed by atoms with Crippen LogP contribution in [0.4, 0.5) is 5.69 Å². The van der Waals surface area contributed by atoms with Gasteiger partial charge in [-0.1, -0.05) is 22.9 Å². The van der Waals surface area contributed by atoms with Crippen molar-refractivity contribution >= 4 is 27.5 Å². The van der Waals surface area contributed by atoms with Crippen LogP contribution in [0.3, 0.4) is 0 Å². The molecule has 0 aliphatic heterocycles. The first-order valence-electron chi connectivity index (χ1n) is 4.98. The third kappa shape index (κ3) is 3.35. The van der Waals surface area contributed by atoms with Crippen molar-refractivity contribution < 1.29 is 4.79 Å². The second-order valence-corrected chi connectivity index (χ2v) is 4.57. The molecule has 1 rings (SSSR count). The molecule has 0 saturated carbocycles. The molecule has 0 aromatic heterocycles. The summed E-state index contributed by atoms with van der Waals surface area (Å²) in [5.41, 5.74) is 1.82. The number of nitrogens with zero attached hydrogens (tertiary/aromatic N) is 1. The summed E-state index contributed by atoms with van der Waals surface area (Å²) in [5.74, 6) is -0.405. The van der Waals surface area contributed by atoms with E-state index in [0.29, 0.717) is 0 Å². The normalized spacial score (nSPS) is 11.6. The smallest absolute Gasteiger partial charge is 0.228 e.